The van der Waals surface area contributed by atoms with Crippen molar-refractivity contribution in [1.29, 1.82) is 0 Å². The summed E-state index contributed by atoms with van der Waals surface area (Å²) in [5, 5.41) is 3.77. The summed E-state index contributed by atoms with van der Waals surface area (Å²) in [6.07, 6.45) is 2.60. The highest BCUT2D eigenvalue weighted by molar-refractivity contribution is 7.16. The second kappa shape index (κ2) is 4.91. The molecule has 3 unspecified atom stereocenters. The summed E-state index contributed by atoms with van der Waals surface area (Å²) >= 11 is 7.67. The van der Waals surface area contributed by atoms with Gasteiger partial charge in [-0.05, 0) is 43.2 Å². The van der Waals surface area contributed by atoms with Gasteiger partial charge in [-0.2, -0.15) is 0 Å². The number of hydrogen-bond acceptors (Lipinski definition) is 2. The summed E-state index contributed by atoms with van der Waals surface area (Å²) < 4.78 is 0.883. The van der Waals surface area contributed by atoms with Crippen molar-refractivity contribution in [2.45, 2.75) is 52.6 Å². The smallest absolute Gasteiger partial charge is 0.0931 e. The molecule has 1 aromatic rings. The Balaban J connectivity index is 1.98. The molecular formula is C14H22ClNS. The molecule has 1 aromatic heterocycles. The largest absolute Gasteiger partial charge is 0.306 e. The monoisotopic (exact) mass is 271 g/mol. The average Bonchev–Trinajstić information content (AvgIpc) is 2.71. The molecular weight excluding hydrogens is 250 g/mol. The van der Waals surface area contributed by atoms with Crippen molar-refractivity contribution in [3.05, 3.63) is 21.3 Å². The fourth-order valence-corrected chi connectivity index (χ4v) is 4.15. The molecule has 0 bridgehead atoms. The first kappa shape index (κ1) is 13.4. The second-order valence-corrected chi connectivity index (χ2v) is 7.93. The van der Waals surface area contributed by atoms with Gasteiger partial charge < -0.3 is 5.32 Å². The highest BCUT2D eigenvalue weighted by Crippen LogP contribution is 2.41. The summed E-state index contributed by atoms with van der Waals surface area (Å²) in [4.78, 5) is 1.34. The van der Waals surface area contributed by atoms with E-state index in [9.17, 15) is 0 Å². The van der Waals surface area contributed by atoms with Crippen LogP contribution in [0.4, 0.5) is 0 Å². The summed E-state index contributed by atoms with van der Waals surface area (Å²) in [5.41, 5.74) is 0.490. The Labute approximate surface area is 114 Å². The van der Waals surface area contributed by atoms with Crippen LogP contribution >= 0.6 is 22.9 Å². The average molecular weight is 272 g/mol. The third-order valence-corrected chi connectivity index (χ3v) is 5.23. The highest BCUT2D eigenvalue weighted by Gasteiger charge is 2.37. The van der Waals surface area contributed by atoms with E-state index in [4.69, 9.17) is 11.6 Å². The number of nitrogens with one attached hydrogen (secondary N) is 1. The van der Waals surface area contributed by atoms with Crippen LogP contribution in [0.3, 0.4) is 0 Å². The highest BCUT2D eigenvalue weighted by atomic mass is 35.5. The molecule has 1 aliphatic rings. The van der Waals surface area contributed by atoms with E-state index in [1.165, 1.54) is 17.7 Å². The Kier molecular flexibility index (Phi) is 3.86. The Morgan fingerprint density at radius 3 is 2.59 bits per heavy atom. The fraction of sp³-hybridized carbons (Fsp3) is 0.714. The van der Waals surface area contributed by atoms with Crippen LogP contribution in [0.25, 0.3) is 0 Å². The first-order valence-corrected chi connectivity index (χ1v) is 7.58. The van der Waals surface area contributed by atoms with Crippen LogP contribution in [0.15, 0.2) is 12.1 Å². The zero-order valence-electron chi connectivity index (χ0n) is 11.1. The van der Waals surface area contributed by atoms with Gasteiger partial charge in [-0.1, -0.05) is 32.4 Å². The second-order valence-electron chi connectivity index (χ2n) is 6.19. The fourth-order valence-electron chi connectivity index (χ4n) is 3.08. The standard InChI is InChI=1S/C14H22ClNS/c1-9-7-14(3,4)8-11(9)16-10(2)12-5-6-13(15)17-12/h5-6,9-11,16H,7-8H2,1-4H3. The molecule has 0 saturated heterocycles. The number of hydrogen-bond donors (Lipinski definition) is 1. The van der Waals surface area contributed by atoms with E-state index in [2.05, 4.69) is 39.1 Å². The van der Waals surface area contributed by atoms with Crippen molar-refractivity contribution in [1.82, 2.24) is 5.32 Å². The molecule has 0 spiro atoms. The van der Waals surface area contributed by atoms with Crippen molar-refractivity contribution in [3.63, 3.8) is 0 Å². The van der Waals surface area contributed by atoms with Crippen LogP contribution in [0.2, 0.25) is 4.34 Å². The minimum Gasteiger partial charge on any atom is -0.306 e. The summed E-state index contributed by atoms with van der Waals surface area (Å²) in [6.45, 7) is 9.34. The van der Waals surface area contributed by atoms with Crippen LogP contribution in [0.5, 0.6) is 0 Å². The molecule has 0 aliphatic heterocycles. The van der Waals surface area contributed by atoms with Crippen LogP contribution < -0.4 is 5.32 Å². The molecule has 0 amide bonds. The zero-order chi connectivity index (χ0) is 12.6. The van der Waals surface area contributed by atoms with E-state index in [1.807, 2.05) is 6.07 Å². The van der Waals surface area contributed by atoms with Crippen molar-refractivity contribution >= 4 is 22.9 Å². The third kappa shape index (κ3) is 3.24. The lowest BCUT2D eigenvalue weighted by atomic mass is 9.91. The van der Waals surface area contributed by atoms with Crippen LogP contribution in [0, 0.1) is 11.3 Å². The minimum absolute atomic E-state index is 0.411. The molecule has 1 heterocycles. The Hall–Kier alpha value is -0.0500. The molecule has 1 aliphatic carbocycles. The lowest BCUT2D eigenvalue weighted by Crippen LogP contribution is -2.33. The van der Waals surface area contributed by atoms with E-state index < -0.39 is 0 Å². The zero-order valence-corrected chi connectivity index (χ0v) is 12.7. The molecule has 0 radical (unpaired) electrons. The van der Waals surface area contributed by atoms with E-state index in [1.54, 1.807) is 11.3 Å². The first-order chi connectivity index (χ1) is 7.87. The molecule has 2 rings (SSSR count). The molecule has 1 nitrogen and oxygen atoms in total. The van der Waals surface area contributed by atoms with E-state index in [0.717, 1.165) is 10.3 Å². The van der Waals surface area contributed by atoms with Crippen LogP contribution in [-0.4, -0.2) is 6.04 Å². The van der Waals surface area contributed by atoms with Gasteiger partial charge >= 0.3 is 0 Å². The van der Waals surface area contributed by atoms with Crippen LogP contribution in [-0.2, 0) is 0 Å². The van der Waals surface area contributed by atoms with Gasteiger partial charge in [0.25, 0.3) is 0 Å². The summed E-state index contributed by atoms with van der Waals surface area (Å²) in [5.74, 6) is 0.767. The summed E-state index contributed by atoms with van der Waals surface area (Å²) in [7, 11) is 0. The lowest BCUT2D eigenvalue weighted by molar-refractivity contribution is 0.357. The van der Waals surface area contributed by atoms with Gasteiger partial charge in [0, 0.05) is 17.0 Å². The van der Waals surface area contributed by atoms with Crippen molar-refractivity contribution in [2.24, 2.45) is 11.3 Å². The van der Waals surface area contributed by atoms with Gasteiger partial charge in [-0.25, -0.2) is 0 Å². The normalized spacial score (nSPS) is 29.5. The molecule has 1 saturated carbocycles. The van der Waals surface area contributed by atoms with E-state index in [-0.39, 0.29) is 0 Å². The minimum atomic E-state index is 0.411. The third-order valence-electron chi connectivity index (χ3n) is 3.82. The Bertz CT molecular complexity index is 385. The number of halogens is 1. The van der Waals surface area contributed by atoms with Gasteiger partial charge in [-0.15, -0.1) is 11.3 Å². The predicted octanol–water partition coefficient (Wildman–Crippen LogP) is 4.88. The maximum absolute atomic E-state index is 5.99. The van der Waals surface area contributed by atoms with Gasteiger partial charge in [-0.3, -0.25) is 0 Å². The van der Waals surface area contributed by atoms with Crippen molar-refractivity contribution < 1.29 is 0 Å². The van der Waals surface area contributed by atoms with Gasteiger partial charge in [0.05, 0.1) is 4.34 Å². The van der Waals surface area contributed by atoms with Crippen molar-refractivity contribution in [2.75, 3.05) is 0 Å². The lowest BCUT2D eigenvalue weighted by Gasteiger charge is -2.22. The Morgan fingerprint density at radius 2 is 2.12 bits per heavy atom. The van der Waals surface area contributed by atoms with E-state index >= 15 is 0 Å². The molecule has 3 atom stereocenters. The van der Waals surface area contributed by atoms with Crippen molar-refractivity contribution in [3.8, 4) is 0 Å². The number of thiophene rings is 1. The SMILES string of the molecule is CC(NC1CC(C)(C)CC1C)c1ccc(Cl)s1. The quantitative estimate of drug-likeness (QED) is 0.826. The van der Waals surface area contributed by atoms with E-state index in [0.29, 0.717) is 17.5 Å². The van der Waals surface area contributed by atoms with Gasteiger partial charge in [0.2, 0.25) is 0 Å². The van der Waals surface area contributed by atoms with Gasteiger partial charge in [0.15, 0.2) is 0 Å². The topological polar surface area (TPSA) is 12.0 Å². The maximum Gasteiger partial charge on any atom is 0.0931 e. The number of rotatable bonds is 3. The van der Waals surface area contributed by atoms with Crippen LogP contribution in [0.1, 0.15) is 51.5 Å². The first-order valence-electron chi connectivity index (χ1n) is 6.39. The predicted molar refractivity (Wildman–Crippen MR) is 76.8 cm³/mol. The molecule has 3 heteroatoms. The molecule has 17 heavy (non-hydrogen) atoms. The molecule has 96 valence electrons. The Morgan fingerprint density at radius 1 is 1.41 bits per heavy atom. The molecule has 1 fully saturated rings. The molecule has 0 aromatic carbocycles. The molecule has 1 N–H and O–H groups in total. The van der Waals surface area contributed by atoms with Gasteiger partial charge in [0.1, 0.15) is 0 Å². The summed E-state index contributed by atoms with van der Waals surface area (Å²) in [6, 6.07) is 5.17. The maximum atomic E-state index is 5.99.